The quantitative estimate of drug-likeness (QED) is 0.871. The highest BCUT2D eigenvalue weighted by Crippen LogP contribution is 2.27. The number of pyridine rings is 1. The molecule has 1 fully saturated rings. The fourth-order valence-corrected chi connectivity index (χ4v) is 2.75. The van der Waals surface area contributed by atoms with E-state index in [9.17, 15) is 4.39 Å². The molecule has 0 amide bonds. The van der Waals surface area contributed by atoms with Gasteiger partial charge in [-0.2, -0.15) is 0 Å². The van der Waals surface area contributed by atoms with Crippen LogP contribution in [0, 0.1) is 11.7 Å². The first-order chi connectivity index (χ1) is 8.74. The summed E-state index contributed by atoms with van der Waals surface area (Å²) in [6.07, 6.45) is 5.06. The van der Waals surface area contributed by atoms with Gasteiger partial charge >= 0.3 is 0 Å². The van der Waals surface area contributed by atoms with Crippen molar-refractivity contribution in [3.05, 3.63) is 23.6 Å². The second-order valence-corrected chi connectivity index (χ2v) is 5.06. The predicted octanol–water partition coefficient (Wildman–Crippen LogP) is 2.57. The van der Waals surface area contributed by atoms with Crippen LogP contribution >= 0.6 is 0 Å². The number of rotatable bonds is 5. The molecule has 2 rings (SSSR count). The monoisotopic (exact) mass is 251 g/mol. The van der Waals surface area contributed by atoms with E-state index in [-0.39, 0.29) is 5.82 Å². The van der Waals surface area contributed by atoms with Gasteiger partial charge in [-0.1, -0.05) is 13.3 Å². The highest BCUT2D eigenvalue weighted by molar-refractivity contribution is 5.47. The molecule has 1 atom stereocenters. The van der Waals surface area contributed by atoms with Crippen molar-refractivity contribution >= 4 is 5.82 Å². The topological polar surface area (TPSA) is 28.2 Å². The van der Waals surface area contributed by atoms with Gasteiger partial charge in [0.15, 0.2) is 0 Å². The smallest absolute Gasteiger partial charge is 0.141 e. The highest BCUT2D eigenvalue weighted by atomic mass is 19.1. The van der Waals surface area contributed by atoms with E-state index >= 15 is 0 Å². The third-order valence-electron chi connectivity index (χ3n) is 3.56. The molecule has 3 nitrogen and oxygen atoms in total. The van der Waals surface area contributed by atoms with E-state index in [0.717, 1.165) is 30.4 Å². The third-order valence-corrected chi connectivity index (χ3v) is 3.56. The van der Waals surface area contributed by atoms with Gasteiger partial charge in [-0.05, 0) is 31.9 Å². The van der Waals surface area contributed by atoms with Crippen molar-refractivity contribution in [3.63, 3.8) is 0 Å². The van der Waals surface area contributed by atoms with Crippen LogP contribution in [0.25, 0.3) is 0 Å². The van der Waals surface area contributed by atoms with E-state index in [2.05, 4.69) is 22.1 Å². The number of hydrogen-bond acceptors (Lipinski definition) is 3. The van der Waals surface area contributed by atoms with Gasteiger partial charge in [-0.3, -0.25) is 0 Å². The minimum absolute atomic E-state index is 0.256. The first kappa shape index (κ1) is 13.3. The molecule has 1 saturated heterocycles. The lowest BCUT2D eigenvalue weighted by molar-refractivity contribution is 0.529. The van der Waals surface area contributed by atoms with Gasteiger partial charge in [0.25, 0.3) is 0 Å². The summed E-state index contributed by atoms with van der Waals surface area (Å²) >= 11 is 0. The molecule has 1 unspecified atom stereocenters. The molecule has 0 aliphatic carbocycles. The van der Waals surface area contributed by atoms with Crippen molar-refractivity contribution in [2.75, 3.05) is 25.0 Å². The summed E-state index contributed by atoms with van der Waals surface area (Å²) < 4.78 is 13.2. The van der Waals surface area contributed by atoms with Gasteiger partial charge in [0.05, 0.1) is 6.20 Å². The van der Waals surface area contributed by atoms with Crippen molar-refractivity contribution in [2.24, 2.45) is 5.92 Å². The van der Waals surface area contributed by atoms with Crippen LogP contribution in [0.5, 0.6) is 0 Å². The van der Waals surface area contributed by atoms with E-state index in [4.69, 9.17) is 0 Å². The molecule has 0 spiro atoms. The molecular weight excluding hydrogens is 229 g/mol. The van der Waals surface area contributed by atoms with E-state index in [1.807, 2.05) is 7.05 Å². The van der Waals surface area contributed by atoms with Gasteiger partial charge in [-0.25, -0.2) is 9.37 Å². The Balaban J connectivity index is 2.13. The van der Waals surface area contributed by atoms with Crippen molar-refractivity contribution in [2.45, 2.75) is 32.7 Å². The molecule has 0 bridgehead atoms. The molecule has 0 saturated carbocycles. The zero-order valence-corrected chi connectivity index (χ0v) is 11.2. The Morgan fingerprint density at radius 2 is 2.39 bits per heavy atom. The van der Waals surface area contributed by atoms with E-state index in [1.54, 1.807) is 6.07 Å². The SMILES string of the molecule is CCCC1CCN(c2ncc(F)cc2CNC)C1. The predicted molar refractivity (Wildman–Crippen MR) is 72.2 cm³/mol. The van der Waals surface area contributed by atoms with E-state index in [0.29, 0.717) is 6.54 Å². The van der Waals surface area contributed by atoms with Crippen molar-refractivity contribution in [1.82, 2.24) is 10.3 Å². The minimum atomic E-state index is -0.256. The van der Waals surface area contributed by atoms with Crippen LogP contribution in [0.3, 0.4) is 0 Å². The number of halogens is 1. The molecule has 4 heteroatoms. The highest BCUT2D eigenvalue weighted by Gasteiger charge is 2.24. The summed E-state index contributed by atoms with van der Waals surface area (Å²) in [7, 11) is 1.87. The standard InChI is InChI=1S/C14H22FN3/c1-3-4-11-5-6-18(10-11)14-12(8-16-2)7-13(15)9-17-14/h7,9,11,16H,3-6,8,10H2,1-2H3. The summed E-state index contributed by atoms with van der Waals surface area (Å²) in [5.74, 6) is 1.46. The van der Waals surface area contributed by atoms with E-state index in [1.165, 1.54) is 25.5 Å². The maximum absolute atomic E-state index is 13.2. The number of aromatic nitrogens is 1. The maximum Gasteiger partial charge on any atom is 0.141 e. The molecule has 1 aliphatic rings. The summed E-state index contributed by atoms with van der Waals surface area (Å²) in [5, 5.41) is 3.08. The normalized spacial score (nSPS) is 19.5. The maximum atomic E-state index is 13.2. The van der Waals surface area contributed by atoms with Gasteiger partial charge in [0, 0.05) is 25.2 Å². The van der Waals surface area contributed by atoms with Gasteiger partial charge in [0.2, 0.25) is 0 Å². The molecular formula is C14H22FN3. The van der Waals surface area contributed by atoms with Crippen LogP contribution in [0.4, 0.5) is 10.2 Å². The zero-order chi connectivity index (χ0) is 13.0. The molecule has 1 aromatic heterocycles. The van der Waals surface area contributed by atoms with Crippen molar-refractivity contribution in [3.8, 4) is 0 Å². The number of anilines is 1. The second-order valence-electron chi connectivity index (χ2n) is 5.06. The Bertz CT molecular complexity index is 395. The molecule has 1 aromatic rings. The average molecular weight is 251 g/mol. The summed E-state index contributed by atoms with van der Waals surface area (Å²) in [4.78, 5) is 6.58. The molecule has 2 heterocycles. The molecule has 1 N–H and O–H groups in total. The zero-order valence-electron chi connectivity index (χ0n) is 11.2. The van der Waals surface area contributed by atoms with Gasteiger partial charge in [-0.15, -0.1) is 0 Å². The van der Waals surface area contributed by atoms with Gasteiger partial charge < -0.3 is 10.2 Å². The number of nitrogens with zero attached hydrogens (tertiary/aromatic N) is 2. The Labute approximate surface area is 108 Å². The minimum Gasteiger partial charge on any atom is -0.356 e. The lowest BCUT2D eigenvalue weighted by Crippen LogP contribution is -2.23. The van der Waals surface area contributed by atoms with Crippen LogP contribution < -0.4 is 10.2 Å². The lowest BCUT2D eigenvalue weighted by Gasteiger charge is -2.20. The molecule has 18 heavy (non-hydrogen) atoms. The second kappa shape index (κ2) is 6.14. The first-order valence-electron chi connectivity index (χ1n) is 6.78. The Morgan fingerprint density at radius 3 is 3.11 bits per heavy atom. The van der Waals surface area contributed by atoms with Crippen molar-refractivity contribution in [1.29, 1.82) is 0 Å². The van der Waals surface area contributed by atoms with Crippen LogP contribution in [0.15, 0.2) is 12.3 Å². The summed E-state index contributed by atoms with van der Waals surface area (Å²) in [5.41, 5.74) is 0.953. The molecule has 0 aromatic carbocycles. The van der Waals surface area contributed by atoms with Crippen LogP contribution in [-0.4, -0.2) is 25.1 Å². The van der Waals surface area contributed by atoms with Gasteiger partial charge in [0.1, 0.15) is 11.6 Å². The van der Waals surface area contributed by atoms with Crippen LogP contribution in [-0.2, 0) is 6.54 Å². The summed E-state index contributed by atoms with van der Waals surface area (Å²) in [6.45, 7) is 4.99. The molecule has 1 aliphatic heterocycles. The number of hydrogen-bond donors (Lipinski definition) is 1. The Kier molecular flexibility index (Phi) is 4.53. The Morgan fingerprint density at radius 1 is 1.56 bits per heavy atom. The average Bonchev–Trinajstić information content (AvgIpc) is 2.79. The molecule has 0 radical (unpaired) electrons. The first-order valence-corrected chi connectivity index (χ1v) is 6.78. The number of nitrogens with one attached hydrogen (secondary N) is 1. The summed E-state index contributed by atoms with van der Waals surface area (Å²) in [6, 6.07) is 1.59. The largest absolute Gasteiger partial charge is 0.356 e. The Hall–Kier alpha value is -1.16. The fraction of sp³-hybridized carbons (Fsp3) is 0.643. The fourth-order valence-electron chi connectivity index (χ4n) is 2.75. The molecule has 100 valence electrons. The van der Waals surface area contributed by atoms with Crippen LogP contribution in [0.1, 0.15) is 31.7 Å². The third kappa shape index (κ3) is 2.99. The van der Waals surface area contributed by atoms with Crippen molar-refractivity contribution < 1.29 is 4.39 Å². The van der Waals surface area contributed by atoms with Crippen LogP contribution in [0.2, 0.25) is 0 Å². The van der Waals surface area contributed by atoms with E-state index < -0.39 is 0 Å². The lowest BCUT2D eigenvalue weighted by atomic mass is 10.0.